The van der Waals surface area contributed by atoms with Crippen LogP contribution < -0.4 is 16.4 Å². The SMILES string of the molecule is CN(C)CCNc1ccc(C(N)=O)c(NC2CCOCC2)c1-c1n[nH]c2ccc(S(=O)(=O)c3cc(F)cc(F)c3)cc12. The molecule has 222 valence electrons. The third-order valence-electron chi connectivity index (χ3n) is 7.14. The van der Waals surface area contributed by atoms with Crippen molar-refractivity contribution in [3.8, 4) is 11.3 Å². The van der Waals surface area contributed by atoms with Gasteiger partial charge in [-0.3, -0.25) is 9.89 Å². The number of nitrogens with one attached hydrogen (secondary N) is 3. The smallest absolute Gasteiger partial charge is 0.250 e. The lowest BCUT2D eigenvalue weighted by atomic mass is 9.97. The van der Waals surface area contributed by atoms with E-state index in [0.717, 1.165) is 12.1 Å². The van der Waals surface area contributed by atoms with Crippen LogP contribution in [-0.4, -0.2) is 75.9 Å². The summed E-state index contributed by atoms with van der Waals surface area (Å²) in [6.07, 6.45) is 1.42. The molecule has 42 heavy (non-hydrogen) atoms. The molecule has 1 aromatic heterocycles. The number of fused-ring (bicyclic) bond motifs is 1. The second-order valence-electron chi connectivity index (χ2n) is 10.4. The third-order valence-corrected chi connectivity index (χ3v) is 8.87. The van der Waals surface area contributed by atoms with Gasteiger partial charge in [-0.25, -0.2) is 17.2 Å². The summed E-state index contributed by atoms with van der Waals surface area (Å²) in [6.45, 7) is 2.41. The number of H-pyrrole nitrogens is 1. The Labute approximate surface area is 242 Å². The zero-order valence-electron chi connectivity index (χ0n) is 23.2. The van der Waals surface area contributed by atoms with E-state index in [1.807, 2.05) is 19.0 Å². The Hall–Kier alpha value is -4.07. The number of primary amides is 1. The van der Waals surface area contributed by atoms with Gasteiger partial charge in [-0.05, 0) is 69.4 Å². The quantitative estimate of drug-likeness (QED) is 0.215. The molecule has 10 nitrogen and oxygen atoms in total. The number of hydrogen-bond donors (Lipinski definition) is 4. The fraction of sp³-hybridized carbons (Fsp3) is 0.310. The van der Waals surface area contributed by atoms with Crippen LogP contribution in [0.15, 0.2) is 58.3 Å². The van der Waals surface area contributed by atoms with E-state index in [4.69, 9.17) is 10.5 Å². The molecule has 1 aliphatic heterocycles. The lowest BCUT2D eigenvalue weighted by Gasteiger charge is -2.27. The molecule has 1 amide bonds. The molecule has 0 spiro atoms. The number of carbonyl (C=O) groups excluding carboxylic acids is 1. The number of ether oxygens (including phenoxy) is 1. The van der Waals surface area contributed by atoms with E-state index in [-0.39, 0.29) is 16.5 Å². The lowest BCUT2D eigenvalue weighted by molar-refractivity contribution is 0.0904. The molecule has 0 saturated carbocycles. The fourth-order valence-corrected chi connectivity index (χ4v) is 6.31. The molecule has 1 aliphatic rings. The van der Waals surface area contributed by atoms with Crippen molar-refractivity contribution >= 4 is 38.0 Å². The number of aromatic nitrogens is 2. The van der Waals surface area contributed by atoms with Crippen LogP contribution >= 0.6 is 0 Å². The number of sulfone groups is 1. The molecular formula is C29H32F2N6O4S. The molecule has 0 radical (unpaired) electrons. The number of carbonyl (C=O) groups is 1. The van der Waals surface area contributed by atoms with Crippen molar-refractivity contribution in [3.63, 3.8) is 0 Å². The van der Waals surface area contributed by atoms with Gasteiger partial charge in [-0.2, -0.15) is 5.10 Å². The van der Waals surface area contributed by atoms with Gasteiger partial charge >= 0.3 is 0 Å². The van der Waals surface area contributed by atoms with Gasteiger partial charge in [0, 0.05) is 55.0 Å². The Morgan fingerprint density at radius 1 is 1.07 bits per heavy atom. The molecular weight excluding hydrogens is 566 g/mol. The van der Waals surface area contributed by atoms with E-state index >= 15 is 0 Å². The second-order valence-corrected chi connectivity index (χ2v) is 12.4. The van der Waals surface area contributed by atoms with Gasteiger partial charge in [0.05, 0.1) is 26.6 Å². The van der Waals surface area contributed by atoms with E-state index in [1.54, 1.807) is 12.1 Å². The average Bonchev–Trinajstić information content (AvgIpc) is 3.36. The van der Waals surface area contributed by atoms with Gasteiger partial charge in [0.15, 0.2) is 0 Å². The first kappa shape index (κ1) is 29.4. The highest BCUT2D eigenvalue weighted by Crippen LogP contribution is 2.41. The van der Waals surface area contributed by atoms with Crippen molar-refractivity contribution in [2.45, 2.75) is 28.7 Å². The Bertz CT molecular complexity index is 1720. The highest BCUT2D eigenvalue weighted by molar-refractivity contribution is 7.91. The number of rotatable bonds is 10. The van der Waals surface area contributed by atoms with Gasteiger partial charge in [0.25, 0.3) is 5.91 Å². The predicted octanol–water partition coefficient (Wildman–Crippen LogP) is 4.00. The summed E-state index contributed by atoms with van der Waals surface area (Å²) >= 11 is 0. The molecule has 13 heteroatoms. The number of anilines is 2. The van der Waals surface area contributed by atoms with Crippen molar-refractivity contribution in [2.24, 2.45) is 5.73 Å². The Kier molecular flexibility index (Phi) is 8.43. The van der Waals surface area contributed by atoms with Crippen LogP contribution in [0.3, 0.4) is 0 Å². The zero-order chi connectivity index (χ0) is 30.0. The van der Waals surface area contributed by atoms with E-state index in [2.05, 4.69) is 20.8 Å². The Morgan fingerprint density at radius 2 is 1.79 bits per heavy atom. The number of nitrogens with zero attached hydrogens (tertiary/aromatic N) is 2. The molecule has 0 unspecified atom stereocenters. The number of halogens is 2. The minimum atomic E-state index is -4.29. The van der Waals surface area contributed by atoms with E-state index < -0.39 is 32.3 Å². The van der Waals surface area contributed by atoms with Crippen molar-refractivity contribution in [1.29, 1.82) is 0 Å². The number of amides is 1. The van der Waals surface area contributed by atoms with Gasteiger partial charge in [0.2, 0.25) is 9.84 Å². The standard InChI is InChI=1S/C29H32F2N6O4S/c1-37(2)10-9-33-25-6-4-22(29(32)38)27(34-19-7-11-41-12-8-19)26(25)28-23-16-20(3-5-24(23)35-36-28)42(39,40)21-14-17(30)13-18(31)15-21/h3-6,13-16,19,33-34H,7-12H2,1-2H3,(H2,32,38)(H,35,36). The maximum atomic E-state index is 13.9. The van der Waals surface area contributed by atoms with Crippen LogP contribution in [0.25, 0.3) is 22.2 Å². The van der Waals surface area contributed by atoms with Crippen molar-refractivity contribution in [1.82, 2.24) is 15.1 Å². The minimum absolute atomic E-state index is 0.00311. The zero-order valence-corrected chi connectivity index (χ0v) is 24.0. The summed E-state index contributed by atoms with van der Waals surface area (Å²) in [4.78, 5) is 14.0. The molecule has 0 bridgehead atoms. The van der Waals surface area contributed by atoms with Gasteiger partial charge in [0.1, 0.15) is 17.3 Å². The topological polar surface area (TPSA) is 142 Å². The van der Waals surface area contributed by atoms with Crippen LogP contribution in [0.2, 0.25) is 0 Å². The summed E-state index contributed by atoms with van der Waals surface area (Å²) < 4.78 is 60.2. The van der Waals surface area contributed by atoms with Crippen LogP contribution in [0.5, 0.6) is 0 Å². The molecule has 5 rings (SSSR count). The van der Waals surface area contributed by atoms with Gasteiger partial charge in [-0.1, -0.05) is 0 Å². The van der Waals surface area contributed by atoms with E-state index in [9.17, 15) is 22.0 Å². The first-order valence-electron chi connectivity index (χ1n) is 13.4. The third kappa shape index (κ3) is 6.08. The Morgan fingerprint density at radius 3 is 2.45 bits per heavy atom. The summed E-state index contributed by atoms with van der Waals surface area (Å²) in [5, 5.41) is 14.8. The van der Waals surface area contributed by atoms with Crippen molar-refractivity contribution in [3.05, 3.63) is 65.7 Å². The average molecular weight is 599 g/mol. The lowest BCUT2D eigenvalue weighted by Crippen LogP contribution is -2.29. The minimum Gasteiger partial charge on any atom is -0.383 e. The molecule has 4 aromatic rings. The van der Waals surface area contributed by atoms with Crippen LogP contribution in [0.4, 0.5) is 20.2 Å². The maximum Gasteiger partial charge on any atom is 0.250 e. The normalized spacial score (nSPS) is 14.4. The fourth-order valence-electron chi connectivity index (χ4n) is 4.98. The first-order chi connectivity index (χ1) is 20.0. The molecule has 0 atom stereocenters. The van der Waals surface area contributed by atoms with Crippen molar-refractivity contribution < 1.29 is 26.7 Å². The van der Waals surface area contributed by atoms with Crippen molar-refractivity contribution in [2.75, 3.05) is 51.0 Å². The largest absolute Gasteiger partial charge is 0.383 e. The summed E-state index contributed by atoms with van der Waals surface area (Å²) in [5.74, 6) is -2.64. The number of nitrogens with two attached hydrogens (primary N) is 1. The Balaban J connectivity index is 1.69. The number of likely N-dealkylation sites (N-methyl/N-ethyl adjacent to an activating group) is 1. The van der Waals surface area contributed by atoms with Crippen LogP contribution in [0.1, 0.15) is 23.2 Å². The first-order valence-corrected chi connectivity index (χ1v) is 14.9. The molecule has 1 saturated heterocycles. The second kappa shape index (κ2) is 12.0. The molecule has 3 aromatic carbocycles. The van der Waals surface area contributed by atoms with Crippen LogP contribution in [0, 0.1) is 11.6 Å². The summed E-state index contributed by atoms with van der Waals surface area (Å²) in [6, 6.07) is 9.85. The molecule has 0 aliphatic carbocycles. The summed E-state index contributed by atoms with van der Waals surface area (Å²) in [7, 11) is -0.389. The number of aromatic amines is 1. The number of hydrogen-bond acceptors (Lipinski definition) is 8. The predicted molar refractivity (Wildman–Crippen MR) is 156 cm³/mol. The number of benzene rings is 3. The van der Waals surface area contributed by atoms with E-state index in [0.29, 0.717) is 78.7 Å². The summed E-state index contributed by atoms with van der Waals surface area (Å²) in [5.41, 5.74) is 8.63. The molecule has 5 N–H and O–H groups in total. The highest BCUT2D eigenvalue weighted by atomic mass is 32.2. The van der Waals surface area contributed by atoms with E-state index in [1.165, 1.54) is 18.2 Å². The van der Waals surface area contributed by atoms with Gasteiger partial charge in [-0.15, -0.1) is 0 Å². The van der Waals surface area contributed by atoms with Gasteiger partial charge < -0.3 is 26.0 Å². The van der Waals surface area contributed by atoms with Crippen LogP contribution in [-0.2, 0) is 14.6 Å². The monoisotopic (exact) mass is 598 g/mol. The highest BCUT2D eigenvalue weighted by Gasteiger charge is 2.26. The molecule has 2 heterocycles. The molecule has 1 fully saturated rings. The maximum absolute atomic E-state index is 13.9.